The second-order valence-electron chi connectivity index (χ2n) is 8.83. The first-order chi connectivity index (χ1) is 17.6. The zero-order chi connectivity index (χ0) is 26.2. The molecule has 182 valence electrons. The number of aromatic nitrogens is 2. The lowest BCUT2D eigenvalue weighted by Crippen LogP contribution is -2.23. The van der Waals surface area contributed by atoms with Crippen LogP contribution in [0.15, 0.2) is 36.7 Å². The summed E-state index contributed by atoms with van der Waals surface area (Å²) in [5.41, 5.74) is 8.23. The van der Waals surface area contributed by atoms with Crippen molar-refractivity contribution >= 4 is 0 Å². The molecular formula is C30H32N6. The van der Waals surface area contributed by atoms with Gasteiger partial charge in [-0.15, -0.1) is 0 Å². The minimum atomic E-state index is -0.857. The van der Waals surface area contributed by atoms with E-state index in [-0.39, 0.29) is 0 Å². The van der Waals surface area contributed by atoms with E-state index in [1.807, 2.05) is 36.7 Å². The maximum absolute atomic E-state index is 9.98. The Labute approximate surface area is 213 Å². The van der Waals surface area contributed by atoms with Crippen LogP contribution in [-0.4, -0.2) is 9.97 Å². The van der Waals surface area contributed by atoms with Gasteiger partial charge in [-0.1, -0.05) is 27.7 Å². The molecule has 0 radical (unpaired) electrons. The Bertz CT molecular complexity index is 1170. The van der Waals surface area contributed by atoms with E-state index in [2.05, 4.69) is 61.9 Å². The average molecular weight is 477 g/mol. The molecule has 0 aliphatic carbocycles. The molecule has 0 saturated heterocycles. The van der Waals surface area contributed by atoms with Crippen LogP contribution in [0.25, 0.3) is 0 Å². The van der Waals surface area contributed by atoms with Crippen molar-refractivity contribution in [2.24, 2.45) is 11.8 Å². The molecule has 3 rings (SSSR count). The average Bonchev–Trinajstić information content (AvgIpc) is 3.63. The number of nitrogens with zero attached hydrogens (tertiary/aromatic N) is 4. The number of hydrogen-bond donors (Lipinski definition) is 2. The highest BCUT2D eigenvalue weighted by molar-refractivity contribution is 5.59. The zero-order valence-electron chi connectivity index (χ0n) is 21.4. The molecule has 0 aliphatic heterocycles. The van der Waals surface area contributed by atoms with Crippen LogP contribution in [0.2, 0.25) is 0 Å². The van der Waals surface area contributed by atoms with Gasteiger partial charge in [-0.2, -0.15) is 21.0 Å². The minimum Gasteiger partial charge on any atom is -0.364 e. The van der Waals surface area contributed by atoms with Gasteiger partial charge < -0.3 is 9.97 Å². The van der Waals surface area contributed by atoms with E-state index in [1.165, 1.54) is 0 Å². The van der Waals surface area contributed by atoms with Gasteiger partial charge in [-0.05, 0) is 83.3 Å². The Hall–Kier alpha value is -4.26. The topological polar surface area (TPSA) is 127 Å². The summed E-state index contributed by atoms with van der Waals surface area (Å²) in [4.78, 5) is 6.53. The Morgan fingerprint density at radius 3 is 1.08 bits per heavy atom. The van der Waals surface area contributed by atoms with Crippen molar-refractivity contribution in [1.82, 2.24) is 9.97 Å². The molecule has 6 heteroatoms. The molecule has 0 aliphatic rings. The highest BCUT2D eigenvalue weighted by Gasteiger charge is 2.36. The van der Waals surface area contributed by atoms with Gasteiger partial charge in [0.05, 0.1) is 36.1 Å². The van der Waals surface area contributed by atoms with E-state index in [9.17, 15) is 21.0 Å². The summed E-state index contributed by atoms with van der Waals surface area (Å²) < 4.78 is 0. The van der Waals surface area contributed by atoms with Crippen LogP contribution in [0.5, 0.6) is 0 Å². The first-order valence-electron chi connectivity index (χ1n) is 12.6. The summed E-state index contributed by atoms with van der Waals surface area (Å²) in [7, 11) is 0. The first-order valence-corrected chi connectivity index (χ1v) is 12.6. The van der Waals surface area contributed by atoms with Crippen molar-refractivity contribution in [3.63, 3.8) is 0 Å². The maximum atomic E-state index is 9.98. The molecular weight excluding hydrogens is 444 g/mol. The second kappa shape index (κ2) is 11.9. The van der Waals surface area contributed by atoms with Gasteiger partial charge in [0.15, 0.2) is 0 Å². The van der Waals surface area contributed by atoms with Gasteiger partial charge >= 0.3 is 0 Å². The lowest BCUT2D eigenvalue weighted by atomic mass is 9.70. The third kappa shape index (κ3) is 4.52. The lowest BCUT2D eigenvalue weighted by Gasteiger charge is -2.33. The van der Waals surface area contributed by atoms with Crippen LogP contribution in [0.3, 0.4) is 0 Å². The predicted molar refractivity (Wildman–Crippen MR) is 139 cm³/mol. The molecule has 0 fully saturated rings. The lowest BCUT2D eigenvalue weighted by molar-refractivity contribution is 0.649. The summed E-state index contributed by atoms with van der Waals surface area (Å²) in [5.74, 6) is -2.55. The van der Waals surface area contributed by atoms with Crippen molar-refractivity contribution < 1.29 is 0 Å². The van der Waals surface area contributed by atoms with Crippen molar-refractivity contribution in [1.29, 1.82) is 21.0 Å². The van der Waals surface area contributed by atoms with Crippen LogP contribution in [0.1, 0.15) is 84.3 Å². The molecule has 2 unspecified atom stereocenters. The molecule has 2 atom stereocenters. The summed E-state index contributed by atoms with van der Waals surface area (Å²) in [6, 6.07) is 16.6. The monoisotopic (exact) mass is 476 g/mol. The van der Waals surface area contributed by atoms with Gasteiger partial charge in [0, 0.05) is 23.8 Å². The number of benzene rings is 1. The SMILES string of the molecule is CCc1c(CC)c(C(c2ccc[nH]2)C(C#N)C#N)c(CC)c(CC)c1C(c1ccc[nH]1)C(C#N)C#N. The van der Waals surface area contributed by atoms with E-state index >= 15 is 0 Å². The van der Waals surface area contributed by atoms with Crippen LogP contribution >= 0.6 is 0 Å². The molecule has 0 saturated carbocycles. The van der Waals surface area contributed by atoms with Crippen molar-refractivity contribution in [2.75, 3.05) is 0 Å². The van der Waals surface area contributed by atoms with Crippen molar-refractivity contribution in [3.05, 3.63) is 81.4 Å². The van der Waals surface area contributed by atoms with Crippen molar-refractivity contribution in [3.8, 4) is 24.3 Å². The first kappa shape index (κ1) is 26.3. The van der Waals surface area contributed by atoms with Gasteiger partial charge in [0.1, 0.15) is 11.8 Å². The van der Waals surface area contributed by atoms with Crippen LogP contribution in [-0.2, 0) is 25.7 Å². The molecule has 2 N–H and O–H groups in total. The third-order valence-electron chi connectivity index (χ3n) is 7.20. The van der Waals surface area contributed by atoms with E-state index in [4.69, 9.17) is 0 Å². The number of nitrogens with one attached hydrogen (secondary N) is 2. The molecule has 36 heavy (non-hydrogen) atoms. The number of rotatable bonds is 10. The number of nitriles is 4. The smallest absolute Gasteiger partial charge is 0.145 e. The summed E-state index contributed by atoms with van der Waals surface area (Å²) in [6.07, 6.45) is 6.50. The van der Waals surface area contributed by atoms with Gasteiger partial charge in [-0.25, -0.2) is 0 Å². The molecule has 0 amide bonds. The van der Waals surface area contributed by atoms with Gasteiger partial charge in [0.2, 0.25) is 0 Å². The van der Waals surface area contributed by atoms with E-state index < -0.39 is 23.7 Å². The van der Waals surface area contributed by atoms with Gasteiger partial charge in [0.25, 0.3) is 0 Å². The summed E-state index contributed by atoms with van der Waals surface area (Å²) >= 11 is 0. The molecule has 2 heterocycles. The number of hydrogen-bond acceptors (Lipinski definition) is 4. The molecule has 6 nitrogen and oxygen atoms in total. The van der Waals surface area contributed by atoms with Crippen LogP contribution in [0.4, 0.5) is 0 Å². The Kier molecular flexibility index (Phi) is 8.73. The summed E-state index contributed by atoms with van der Waals surface area (Å²) in [6.45, 7) is 8.40. The fourth-order valence-electron chi connectivity index (χ4n) is 5.82. The quantitative estimate of drug-likeness (QED) is 0.362. The van der Waals surface area contributed by atoms with E-state index in [1.54, 1.807) is 0 Å². The van der Waals surface area contributed by atoms with Crippen LogP contribution in [0, 0.1) is 57.2 Å². The fourth-order valence-corrected chi connectivity index (χ4v) is 5.82. The number of H-pyrrole nitrogens is 2. The third-order valence-corrected chi connectivity index (χ3v) is 7.20. The number of aromatic amines is 2. The highest BCUT2D eigenvalue weighted by atomic mass is 14.7. The van der Waals surface area contributed by atoms with E-state index in [0.717, 1.165) is 44.8 Å². The fraction of sp³-hybridized carbons (Fsp3) is 0.400. The summed E-state index contributed by atoms with van der Waals surface area (Å²) in [5, 5.41) is 39.9. The van der Waals surface area contributed by atoms with Crippen molar-refractivity contribution in [2.45, 2.75) is 65.2 Å². The Balaban J connectivity index is 2.53. The van der Waals surface area contributed by atoms with Gasteiger partial charge in [-0.3, -0.25) is 0 Å². The molecule has 2 aromatic heterocycles. The zero-order valence-corrected chi connectivity index (χ0v) is 21.4. The normalized spacial score (nSPS) is 12.5. The predicted octanol–water partition coefficient (Wildman–Crippen LogP) is 6.18. The second-order valence-corrected chi connectivity index (χ2v) is 8.83. The Morgan fingerprint density at radius 1 is 0.583 bits per heavy atom. The highest BCUT2D eigenvalue weighted by Crippen LogP contribution is 2.45. The van der Waals surface area contributed by atoms with Crippen LogP contribution < -0.4 is 0 Å². The molecule has 0 spiro atoms. The van der Waals surface area contributed by atoms with E-state index in [0.29, 0.717) is 25.7 Å². The molecule has 0 bridgehead atoms. The Morgan fingerprint density at radius 2 is 0.889 bits per heavy atom. The molecule has 1 aromatic carbocycles. The largest absolute Gasteiger partial charge is 0.364 e. The molecule has 3 aromatic rings. The minimum absolute atomic E-state index is 0.420. The standard InChI is InChI=1S/C30H32N6/c1-5-21-22(6-2)30(28(20(17-33)18-34)26-12-10-14-36-26)24(8-4)23(7-3)29(21)27(19(15-31)16-32)25-11-9-13-35-25/h9-14,19-20,27-28,35-36H,5-8H2,1-4H3. The maximum Gasteiger partial charge on any atom is 0.145 e.